The Bertz CT molecular complexity index is 1030. The number of fused-ring (bicyclic) bond motifs is 1. The third kappa shape index (κ3) is 4.82. The van der Waals surface area contributed by atoms with Gasteiger partial charge < -0.3 is 5.32 Å². The van der Waals surface area contributed by atoms with Crippen LogP contribution >= 0.6 is 11.6 Å². The van der Waals surface area contributed by atoms with Crippen LogP contribution in [-0.2, 0) is 9.78 Å². The van der Waals surface area contributed by atoms with Crippen molar-refractivity contribution in [1.82, 2.24) is 9.97 Å². The van der Waals surface area contributed by atoms with Gasteiger partial charge in [-0.2, -0.15) is 4.89 Å². The Kier molecular flexibility index (Phi) is 5.58. The number of nitrogens with zero attached hydrogens (tertiary/aromatic N) is 2. The molecule has 1 heterocycles. The Morgan fingerprint density at radius 1 is 0.964 bits per heavy atom. The summed E-state index contributed by atoms with van der Waals surface area (Å²) in [6.45, 7) is 5.29. The molecule has 0 aliphatic rings. The van der Waals surface area contributed by atoms with Crippen molar-refractivity contribution in [1.29, 1.82) is 0 Å². The molecule has 0 aliphatic carbocycles. The number of anilines is 1. The van der Waals surface area contributed by atoms with Crippen molar-refractivity contribution in [2.75, 3.05) is 5.32 Å². The molecule has 144 valence electrons. The number of nitrogens with one attached hydrogen (secondary N) is 1. The van der Waals surface area contributed by atoms with E-state index >= 15 is 0 Å². The van der Waals surface area contributed by atoms with E-state index in [9.17, 15) is 9.59 Å². The smallest absolute Gasteiger partial charge is 0.321 e. The first-order valence-electron chi connectivity index (χ1n) is 8.47. The van der Waals surface area contributed by atoms with Crippen LogP contribution in [0.3, 0.4) is 0 Å². The Balaban J connectivity index is 1.71. The second-order valence-electron chi connectivity index (χ2n) is 6.95. The van der Waals surface area contributed by atoms with Gasteiger partial charge in [-0.15, -0.1) is 0 Å². The Hall–Kier alpha value is -3.03. The van der Waals surface area contributed by atoms with Crippen molar-refractivity contribution in [2.24, 2.45) is 0 Å². The number of hydrogen-bond donors (Lipinski definition) is 1. The number of carbonyl (C=O) groups excluding carboxylic acids is 2. The van der Waals surface area contributed by atoms with E-state index in [0.717, 1.165) is 0 Å². The number of benzene rings is 2. The van der Waals surface area contributed by atoms with Crippen LogP contribution in [0, 0.1) is 0 Å². The maximum atomic E-state index is 12.5. The minimum Gasteiger partial charge on any atom is -0.321 e. The second kappa shape index (κ2) is 7.92. The molecule has 0 radical (unpaired) electrons. The fourth-order valence-electron chi connectivity index (χ4n) is 2.21. The summed E-state index contributed by atoms with van der Waals surface area (Å²) in [6.07, 6.45) is 0. The maximum absolute atomic E-state index is 12.5. The number of aromatic nitrogens is 2. The van der Waals surface area contributed by atoms with Gasteiger partial charge in [-0.25, -0.2) is 14.8 Å². The lowest BCUT2D eigenvalue weighted by Gasteiger charge is -2.16. The highest BCUT2D eigenvalue weighted by Crippen LogP contribution is 2.19. The van der Waals surface area contributed by atoms with Crippen molar-refractivity contribution in [3.63, 3.8) is 0 Å². The SMILES string of the molecule is CC(C)(C)OOC(=O)c1ccc(NC(=O)c2nc3ccccc3nc2Cl)cc1. The van der Waals surface area contributed by atoms with E-state index in [4.69, 9.17) is 21.4 Å². The van der Waals surface area contributed by atoms with E-state index in [1.165, 1.54) is 12.1 Å². The topological polar surface area (TPSA) is 90.4 Å². The molecule has 0 saturated heterocycles. The molecule has 1 amide bonds. The Morgan fingerprint density at radius 3 is 2.18 bits per heavy atom. The van der Waals surface area contributed by atoms with Crippen LogP contribution in [-0.4, -0.2) is 27.4 Å². The summed E-state index contributed by atoms with van der Waals surface area (Å²) in [5, 5.41) is 2.69. The molecule has 2 aromatic carbocycles. The zero-order valence-electron chi connectivity index (χ0n) is 15.5. The van der Waals surface area contributed by atoms with Crippen molar-refractivity contribution >= 4 is 40.2 Å². The molecule has 0 saturated carbocycles. The number of rotatable bonds is 4. The maximum Gasteiger partial charge on any atom is 0.373 e. The summed E-state index contributed by atoms with van der Waals surface area (Å²) in [5.74, 6) is -1.13. The van der Waals surface area contributed by atoms with Crippen LogP contribution in [0.25, 0.3) is 11.0 Å². The molecular formula is C20H18ClN3O4. The number of carbonyl (C=O) groups is 2. The number of halogens is 1. The molecule has 0 fully saturated rings. The minimum absolute atomic E-state index is 0.00993. The lowest BCUT2D eigenvalue weighted by molar-refractivity contribution is -0.301. The molecule has 0 bridgehead atoms. The molecule has 3 rings (SSSR count). The third-order valence-corrected chi connectivity index (χ3v) is 3.75. The van der Waals surface area contributed by atoms with Crippen molar-refractivity contribution < 1.29 is 19.4 Å². The normalized spacial score (nSPS) is 11.3. The highest BCUT2D eigenvalue weighted by atomic mass is 35.5. The van der Waals surface area contributed by atoms with Crippen molar-refractivity contribution in [3.8, 4) is 0 Å². The highest BCUT2D eigenvalue weighted by Gasteiger charge is 2.18. The first kappa shape index (κ1) is 19.7. The first-order chi connectivity index (χ1) is 13.2. The summed E-state index contributed by atoms with van der Waals surface area (Å²) in [7, 11) is 0. The van der Waals surface area contributed by atoms with Crippen LogP contribution in [0.5, 0.6) is 0 Å². The summed E-state index contributed by atoms with van der Waals surface area (Å²) in [4.78, 5) is 42.7. The molecule has 28 heavy (non-hydrogen) atoms. The van der Waals surface area contributed by atoms with E-state index in [2.05, 4.69) is 15.3 Å². The van der Waals surface area contributed by atoms with Gasteiger partial charge in [0.15, 0.2) is 10.8 Å². The van der Waals surface area contributed by atoms with Crippen molar-refractivity contribution in [2.45, 2.75) is 26.4 Å². The van der Waals surface area contributed by atoms with Gasteiger partial charge in [-0.1, -0.05) is 23.7 Å². The number of amides is 1. The number of hydrogen-bond acceptors (Lipinski definition) is 6. The van der Waals surface area contributed by atoms with Crippen LogP contribution in [0.4, 0.5) is 5.69 Å². The molecule has 0 unspecified atom stereocenters. The lowest BCUT2D eigenvalue weighted by Crippen LogP contribution is -2.22. The largest absolute Gasteiger partial charge is 0.373 e. The van der Waals surface area contributed by atoms with Gasteiger partial charge in [-0.05, 0) is 57.2 Å². The van der Waals surface area contributed by atoms with E-state index < -0.39 is 17.5 Å². The highest BCUT2D eigenvalue weighted by molar-refractivity contribution is 6.33. The zero-order chi connectivity index (χ0) is 20.3. The van der Waals surface area contributed by atoms with Gasteiger partial charge in [0, 0.05) is 5.69 Å². The monoisotopic (exact) mass is 399 g/mol. The standard InChI is InChI=1S/C20H18ClN3O4/c1-20(2,3)28-27-19(26)12-8-10-13(11-9-12)22-18(25)16-17(21)24-15-7-5-4-6-14(15)23-16/h4-11H,1-3H3,(H,22,25). The second-order valence-corrected chi connectivity index (χ2v) is 7.31. The van der Waals surface area contributed by atoms with Crippen LogP contribution in [0.15, 0.2) is 48.5 Å². The van der Waals surface area contributed by atoms with Gasteiger partial charge >= 0.3 is 5.97 Å². The summed E-state index contributed by atoms with van der Waals surface area (Å²) in [6, 6.07) is 13.3. The molecule has 3 aromatic rings. The van der Waals surface area contributed by atoms with Crippen LogP contribution in [0.2, 0.25) is 5.15 Å². The summed E-state index contributed by atoms with van der Waals surface area (Å²) >= 11 is 6.09. The first-order valence-corrected chi connectivity index (χ1v) is 8.84. The molecule has 0 atom stereocenters. The average molecular weight is 400 g/mol. The predicted octanol–water partition coefficient (Wildman–Crippen LogP) is 4.42. The van der Waals surface area contributed by atoms with E-state index in [-0.39, 0.29) is 16.4 Å². The molecule has 0 aliphatic heterocycles. The van der Waals surface area contributed by atoms with Gasteiger partial charge in [-0.3, -0.25) is 9.68 Å². The fraction of sp³-hybridized carbons (Fsp3) is 0.200. The quantitative estimate of drug-likeness (QED) is 0.515. The van der Waals surface area contributed by atoms with Crippen LogP contribution in [0.1, 0.15) is 41.6 Å². The van der Waals surface area contributed by atoms with Gasteiger partial charge in [0.05, 0.1) is 16.6 Å². The molecule has 0 spiro atoms. The van der Waals surface area contributed by atoms with Gasteiger partial charge in [0.25, 0.3) is 5.91 Å². The van der Waals surface area contributed by atoms with E-state index in [0.29, 0.717) is 16.7 Å². The van der Waals surface area contributed by atoms with E-state index in [1.54, 1.807) is 51.1 Å². The summed E-state index contributed by atoms with van der Waals surface area (Å²) < 4.78 is 0. The lowest BCUT2D eigenvalue weighted by atomic mass is 10.2. The van der Waals surface area contributed by atoms with Crippen LogP contribution < -0.4 is 5.32 Å². The number of para-hydroxylation sites is 2. The molecule has 1 N–H and O–H groups in total. The minimum atomic E-state index is -0.628. The van der Waals surface area contributed by atoms with Gasteiger partial charge in [0.1, 0.15) is 5.60 Å². The average Bonchev–Trinajstić information content (AvgIpc) is 2.65. The van der Waals surface area contributed by atoms with E-state index in [1.807, 2.05) is 6.07 Å². The Morgan fingerprint density at radius 2 is 1.57 bits per heavy atom. The molecule has 8 heteroatoms. The molecular weight excluding hydrogens is 382 g/mol. The molecule has 7 nitrogen and oxygen atoms in total. The molecule has 1 aromatic heterocycles. The summed E-state index contributed by atoms with van der Waals surface area (Å²) in [5.41, 5.74) is 1.32. The zero-order valence-corrected chi connectivity index (χ0v) is 16.3. The predicted molar refractivity (Wildman–Crippen MR) is 105 cm³/mol. The third-order valence-electron chi connectivity index (χ3n) is 3.49. The van der Waals surface area contributed by atoms with Crippen molar-refractivity contribution in [3.05, 3.63) is 64.9 Å². The fourth-order valence-corrected chi connectivity index (χ4v) is 2.43. The Labute approximate surface area is 166 Å². The van der Waals surface area contributed by atoms with Gasteiger partial charge in [0.2, 0.25) is 0 Å².